The lowest BCUT2D eigenvalue weighted by molar-refractivity contribution is -0.137. The van der Waals surface area contributed by atoms with Gasteiger partial charge in [0, 0.05) is 30.4 Å². The van der Waals surface area contributed by atoms with Crippen LogP contribution in [0.2, 0.25) is 0 Å². The van der Waals surface area contributed by atoms with E-state index in [9.17, 15) is 13.2 Å². The lowest BCUT2D eigenvalue weighted by Crippen LogP contribution is -2.45. The second-order valence-corrected chi connectivity index (χ2v) is 6.48. The van der Waals surface area contributed by atoms with Crippen molar-refractivity contribution in [2.24, 2.45) is 0 Å². The van der Waals surface area contributed by atoms with E-state index in [0.717, 1.165) is 51.0 Å². The van der Waals surface area contributed by atoms with Crippen LogP contribution < -0.4 is 4.90 Å². The number of nitrogens with zero attached hydrogens (tertiary/aromatic N) is 3. The van der Waals surface area contributed by atoms with Gasteiger partial charge in [0.25, 0.3) is 0 Å². The number of hydrogen-bond donors (Lipinski definition) is 1. The first kappa shape index (κ1) is 14.5. The number of rotatable bonds is 1. The Bertz CT molecular complexity index is 707. The van der Waals surface area contributed by atoms with Gasteiger partial charge in [-0.25, -0.2) is 4.98 Å². The zero-order chi connectivity index (χ0) is 16.1. The normalized spacial score (nSPS) is 24.2. The fourth-order valence-electron chi connectivity index (χ4n) is 3.94. The second kappa shape index (κ2) is 4.97. The Kier molecular flexibility index (Phi) is 3.14. The van der Waals surface area contributed by atoms with Crippen LogP contribution in [-0.4, -0.2) is 28.3 Å². The lowest BCUT2D eigenvalue weighted by Gasteiger charge is -2.41. The molecule has 1 fully saturated rings. The Hall–Kier alpha value is -2.05. The van der Waals surface area contributed by atoms with Crippen LogP contribution in [0.15, 0.2) is 24.5 Å². The number of nitrogens with one attached hydrogen (secondary N) is 1. The molecule has 0 aromatic carbocycles. The molecule has 2 aromatic rings. The molecule has 1 saturated heterocycles. The van der Waals surface area contributed by atoms with Crippen molar-refractivity contribution in [2.75, 3.05) is 18.0 Å². The average molecular weight is 322 g/mol. The number of pyridine rings is 1. The maximum atomic E-state index is 12.7. The van der Waals surface area contributed by atoms with E-state index < -0.39 is 11.7 Å². The van der Waals surface area contributed by atoms with Crippen molar-refractivity contribution >= 4 is 5.82 Å². The van der Waals surface area contributed by atoms with Crippen molar-refractivity contribution in [1.29, 1.82) is 0 Å². The number of anilines is 1. The smallest absolute Gasteiger partial charge is 0.356 e. The quantitative estimate of drug-likeness (QED) is 0.876. The van der Waals surface area contributed by atoms with Crippen LogP contribution in [-0.2, 0) is 18.0 Å². The van der Waals surface area contributed by atoms with Crippen LogP contribution in [0.5, 0.6) is 0 Å². The zero-order valence-electron chi connectivity index (χ0n) is 12.5. The van der Waals surface area contributed by atoms with E-state index in [-0.39, 0.29) is 5.41 Å². The van der Waals surface area contributed by atoms with Gasteiger partial charge in [0.05, 0.1) is 11.8 Å². The van der Waals surface area contributed by atoms with Gasteiger partial charge in [0.15, 0.2) is 0 Å². The molecule has 2 aliphatic rings. The molecular weight excluding hydrogens is 305 g/mol. The average Bonchev–Trinajstić information content (AvgIpc) is 3.12. The van der Waals surface area contributed by atoms with E-state index in [1.54, 1.807) is 0 Å². The number of hydrogen-bond acceptors (Lipinski definition) is 3. The summed E-state index contributed by atoms with van der Waals surface area (Å²) in [6.45, 7) is 1.60. The highest BCUT2D eigenvalue weighted by atomic mass is 19.4. The highest BCUT2D eigenvalue weighted by molar-refractivity contribution is 5.44. The van der Waals surface area contributed by atoms with E-state index in [4.69, 9.17) is 0 Å². The second-order valence-electron chi connectivity index (χ2n) is 6.48. The van der Waals surface area contributed by atoms with Crippen LogP contribution in [0.25, 0.3) is 0 Å². The summed E-state index contributed by atoms with van der Waals surface area (Å²) in [6, 6.07) is 2.59. The Morgan fingerprint density at radius 2 is 2.04 bits per heavy atom. The third kappa shape index (κ3) is 2.38. The molecule has 1 aliphatic heterocycles. The Labute approximate surface area is 131 Å². The van der Waals surface area contributed by atoms with Crippen molar-refractivity contribution in [1.82, 2.24) is 15.2 Å². The van der Waals surface area contributed by atoms with Gasteiger partial charge in [-0.05, 0) is 43.4 Å². The third-order valence-corrected chi connectivity index (χ3v) is 5.10. The number of H-pyrrole nitrogens is 1. The molecular formula is C16H17F3N4. The molecule has 1 atom stereocenters. The van der Waals surface area contributed by atoms with Crippen molar-refractivity contribution in [2.45, 2.75) is 37.3 Å². The van der Waals surface area contributed by atoms with E-state index >= 15 is 0 Å². The summed E-state index contributed by atoms with van der Waals surface area (Å²) in [5.74, 6) is 0.616. The SMILES string of the molecule is FC(F)(F)c1ccc(N2CCCC3(CCc4cn[nH]c43)C2)nc1. The first-order valence-corrected chi connectivity index (χ1v) is 7.79. The van der Waals surface area contributed by atoms with Gasteiger partial charge in [0.1, 0.15) is 5.82 Å². The van der Waals surface area contributed by atoms with Crippen molar-refractivity contribution in [3.05, 3.63) is 41.3 Å². The summed E-state index contributed by atoms with van der Waals surface area (Å²) in [7, 11) is 0. The number of halogens is 3. The van der Waals surface area contributed by atoms with Gasteiger partial charge in [-0.1, -0.05) is 0 Å². The molecule has 3 heterocycles. The maximum absolute atomic E-state index is 12.7. The highest BCUT2D eigenvalue weighted by Crippen LogP contribution is 2.44. The minimum atomic E-state index is -4.34. The summed E-state index contributed by atoms with van der Waals surface area (Å²) in [4.78, 5) is 6.14. The molecule has 1 spiro atoms. The van der Waals surface area contributed by atoms with Crippen LogP contribution in [0.3, 0.4) is 0 Å². The summed E-state index contributed by atoms with van der Waals surface area (Å²) in [5.41, 5.74) is 1.81. The van der Waals surface area contributed by atoms with E-state index in [2.05, 4.69) is 20.1 Å². The minimum Gasteiger partial charge on any atom is -0.356 e. The van der Waals surface area contributed by atoms with Gasteiger partial charge in [-0.2, -0.15) is 18.3 Å². The van der Waals surface area contributed by atoms with Crippen molar-refractivity contribution < 1.29 is 13.2 Å². The molecule has 4 rings (SSSR count). The molecule has 1 aliphatic carbocycles. The minimum absolute atomic E-state index is 0.0362. The first-order valence-electron chi connectivity index (χ1n) is 7.79. The summed E-state index contributed by atoms with van der Waals surface area (Å²) in [5, 5.41) is 7.28. The number of fused-ring (bicyclic) bond motifs is 2. The molecule has 122 valence electrons. The standard InChI is InChI=1S/C16H17F3N4/c17-16(18,19)12-2-3-13(20-9-12)23-7-1-5-15(10-23)6-4-11-8-21-22-14(11)15/h2-3,8-9H,1,4-7,10H2,(H,21,22). The number of aryl methyl sites for hydroxylation is 1. The van der Waals surface area contributed by atoms with Crippen LogP contribution in [0.1, 0.15) is 36.1 Å². The maximum Gasteiger partial charge on any atom is 0.417 e. The molecule has 0 radical (unpaired) electrons. The summed E-state index contributed by atoms with van der Waals surface area (Å²) in [6.07, 6.45) is 2.63. The lowest BCUT2D eigenvalue weighted by atomic mass is 9.77. The molecule has 2 aromatic heterocycles. The predicted octanol–water partition coefficient (Wildman–Crippen LogP) is 3.31. The van der Waals surface area contributed by atoms with Gasteiger partial charge < -0.3 is 4.90 Å². The Balaban J connectivity index is 1.59. The first-order chi connectivity index (χ1) is 11.0. The molecule has 0 saturated carbocycles. The van der Waals surface area contributed by atoms with Crippen LogP contribution in [0, 0.1) is 0 Å². The van der Waals surface area contributed by atoms with Crippen molar-refractivity contribution in [3.8, 4) is 0 Å². The fraction of sp³-hybridized carbons (Fsp3) is 0.500. The predicted molar refractivity (Wildman–Crippen MR) is 79.3 cm³/mol. The molecule has 1 unspecified atom stereocenters. The van der Waals surface area contributed by atoms with Gasteiger partial charge in [-0.3, -0.25) is 5.10 Å². The zero-order valence-corrected chi connectivity index (χ0v) is 12.5. The van der Waals surface area contributed by atoms with Gasteiger partial charge in [-0.15, -0.1) is 0 Å². The molecule has 0 amide bonds. The summed E-state index contributed by atoms with van der Waals surface area (Å²) >= 11 is 0. The number of aromatic nitrogens is 3. The fourth-order valence-corrected chi connectivity index (χ4v) is 3.94. The van der Waals surface area contributed by atoms with Gasteiger partial charge >= 0.3 is 6.18 Å². The van der Waals surface area contributed by atoms with Gasteiger partial charge in [0.2, 0.25) is 0 Å². The largest absolute Gasteiger partial charge is 0.417 e. The van der Waals surface area contributed by atoms with Crippen LogP contribution in [0.4, 0.5) is 19.0 Å². The van der Waals surface area contributed by atoms with Crippen molar-refractivity contribution in [3.63, 3.8) is 0 Å². The third-order valence-electron chi connectivity index (χ3n) is 5.10. The van der Waals surface area contributed by atoms with Crippen LogP contribution >= 0.6 is 0 Å². The molecule has 0 bridgehead atoms. The van der Waals surface area contributed by atoms with E-state index in [1.165, 1.54) is 17.3 Å². The Morgan fingerprint density at radius 1 is 1.17 bits per heavy atom. The number of alkyl halides is 3. The molecule has 7 heteroatoms. The molecule has 4 nitrogen and oxygen atoms in total. The topological polar surface area (TPSA) is 44.8 Å². The highest BCUT2D eigenvalue weighted by Gasteiger charge is 2.43. The number of piperidine rings is 1. The Morgan fingerprint density at radius 3 is 2.78 bits per heavy atom. The molecule has 1 N–H and O–H groups in total. The summed E-state index contributed by atoms with van der Waals surface area (Å²) < 4.78 is 38.0. The number of aromatic amines is 1. The van der Waals surface area contributed by atoms with E-state index in [1.807, 2.05) is 6.20 Å². The molecule has 23 heavy (non-hydrogen) atoms. The van der Waals surface area contributed by atoms with E-state index in [0.29, 0.717) is 5.82 Å². The monoisotopic (exact) mass is 322 g/mol.